The van der Waals surface area contributed by atoms with Gasteiger partial charge in [0.25, 0.3) is 5.91 Å². The maximum absolute atomic E-state index is 12.9. The van der Waals surface area contributed by atoms with E-state index < -0.39 is 5.91 Å². The molecule has 42 heavy (non-hydrogen) atoms. The SMILES string of the molecule is NC(=O)c1c(Cc2ncc(-c3coc4c(=O)cc(N5CCOCC5)sc34)s2)nc(N[C@H]2CCCC[C@H]2N)n2ncnc12. The van der Waals surface area contributed by atoms with Crippen LogP contribution in [0, 0.1) is 0 Å². The molecule has 1 saturated carbocycles. The molecule has 13 nitrogen and oxygen atoms in total. The number of furan rings is 1. The second-order valence-electron chi connectivity index (χ2n) is 10.5. The van der Waals surface area contributed by atoms with Crippen molar-refractivity contribution in [1.29, 1.82) is 0 Å². The molecule has 6 heterocycles. The Bertz CT molecular complexity index is 1840. The number of nitrogens with two attached hydrogens (primary N) is 2. The highest BCUT2D eigenvalue weighted by Crippen LogP contribution is 2.38. The first-order chi connectivity index (χ1) is 20.5. The maximum Gasteiger partial charge on any atom is 0.254 e. The number of carbonyl (C=O) groups excluding carboxylic acids is 1. The average molecular weight is 608 g/mol. The molecule has 15 heteroatoms. The number of amides is 1. The zero-order chi connectivity index (χ0) is 28.8. The van der Waals surface area contributed by atoms with E-state index in [4.69, 9.17) is 25.6 Å². The fraction of sp³-hybridized carbons (Fsp3) is 0.407. The van der Waals surface area contributed by atoms with Gasteiger partial charge >= 0.3 is 0 Å². The Labute approximate surface area is 247 Å². The number of morpholine rings is 1. The molecule has 5 aromatic rings. The van der Waals surface area contributed by atoms with Crippen LogP contribution in [0.25, 0.3) is 26.4 Å². The Morgan fingerprint density at radius 1 is 1.17 bits per heavy atom. The lowest BCUT2D eigenvalue weighted by atomic mass is 9.91. The third kappa shape index (κ3) is 4.91. The molecular formula is C27H29N9O4S2. The lowest BCUT2D eigenvalue weighted by Crippen LogP contribution is -2.43. The van der Waals surface area contributed by atoms with Crippen molar-refractivity contribution in [1.82, 2.24) is 24.6 Å². The van der Waals surface area contributed by atoms with E-state index in [0.29, 0.717) is 36.1 Å². The Kier molecular flexibility index (Phi) is 7.09. The lowest BCUT2D eigenvalue weighted by Gasteiger charge is -2.29. The summed E-state index contributed by atoms with van der Waals surface area (Å²) in [5.74, 6) is -0.183. The Morgan fingerprint density at radius 2 is 2.00 bits per heavy atom. The van der Waals surface area contributed by atoms with Crippen molar-refractivity contribution in [2.75, 3.05) is 36.5 Å². The summed E-state index contributed by atoms with van der Waals surface area (Å²) in [5.41, 5.74) is 14.2. The van der Waals surface area contributed by atoms with Gasteiger partial charge < -0.3 is 30.8 Å². The van der Waals surface area contributed by atoms with Gasteiger partial charge in [-0.1, -0.05) is 12.8 Å². The van der Waals surface area contributed by atoms with Crippen molar-refractivity contribution >= 4 is 55.5 Å². The lowest BCUT2D eigenvalue weighted by molar-refractivity contribution is 0.1000. The van der Waals surface area contributed by atoms with E-state index in [2.05, 4.69) is 25.3 Å². The minimum atomic E-state index is -0.644. The molecule has 0 aromatic carbocycles. The molecule has 0 unspecified atom stereocenters. The molecule has 1 aliphatic heterocycles. The van der Waals surface area contributed by atoms with E-state index in [0.717, 1.165) is 63.9 Å². The molecule has 0 radical (unpaired) electrons. The summed E-state index contributed by atoms with van der Waals surface area (Å²) in [4.78, 5) is 42.2. The molecule has 1 aliphatic carbocycles. The van der Waals surface area contributed by atoms with Crippen LogP contribution in [0.4, 0.5) is 10.9 Å². The van der Waals surface area contributed by atoms with Gasteiger partial charge in [-0.05, 0) is 12.8 Å². The van der Waals surface area contributed by atoms with Crippen molar-refractivity contribution in [3.63, 3.8) is 0 Å². The van der Waals surface area contributed by atoms with Crippen LogP contribution in [0.5, 0.6) is 0 Å². The number of rotatable bonds is 7. The van der Waals surface area contributed by atoms with E-state index in [1.54, 1.807) is 18.5 Å². The largest absolute Gasteiger partial charge is 0.459 e. The average Bonchev–Trinajstić information content (AvgIpc) is 3.75. The molecular weight excluding hydrogens is 578 g/mol. The van der Waals surface area contributed by atoms with Gasteiger partial charge in [0, 0.05) is 49.4 Å². The number of primary amides is 1. The predicted molar refractivity (Wildman–Crippen MR) is 160 cm³/mol. The van der Waals surface area contributed by atoms with Crippen molar-refractivity contribution in [2.45, 2.75) is 44.2 Å². The van der Waals surface area contributed by atoms with Crippen LogP contribution in [0.2, 0.25) is 0 Å². The first kappa shape index (κ1) is 26.9. The van der Waals surface area contributed by atoms with Gasteiger partial charge in [-0.2, -0.15) is 9.61 Å². The standard InChI is InChI=1S/C27H29N9O4S2/c28-15-3-1-2-4-16(15)33-27-34-17(22(25(29)38)26-31-13-32-36(26)27)9-20-30-11-19(41-20)14-12-40-23-18(37)10-21(42-24(14)23)35-5-7-39-8-6-35/h10-13,15-16H,1-9,28H2,(H2,29,38)(H,33,34)/t15-,16+/m1/s1. The molecule has 2 aliphatic rings. The fourth-order valence-electron chi connectivity index (χ4n) is 5.60. The number of hydrogen-bond acceptors (Lipinski definition) is 13. The second-order valence-corrected chi connectivity index (χ2v) is 12.6. The van der Waals surface area contributed by atoms with Crippen molar-refractivity contribution in [2.24, 2.45) is 11.5 Å². The van der Waals surface area contributed by atoms with Gasteiger partial charge in [0.2, 0.25) is 11.4 Å². The monoisotopic (exact) mass is 607 g/mol. The summed E-state index contributed by atoms with van der Waals surface area (Å²) >= 11 is 2.96. The summed E-state index contributed by atoms with van der Waals surface area (Å²) in [6.07, 6.45) is 9.00. The minimum absolute atomic E-state index is 0.0100. The molecule has 2 fully saturated rings. The highest BCUT2D eigenvalue weighted by atomic mass is 32.1. The number of carbonyl (C=O) groups is 1. The maximum atomic E-state index is 12.9. The molecule has 7 rings (SSSR count). The predicted octanol–water partition coefficient (Wildman–Crippen LogP) is 2.62. The molecule has 5 aromatic heterocycles. The van der Waals surface area contributed by atoms with E-state index in [9.17, 15) is 9.59 Å². The molecule has 1 amide bonds. The van der Waals surface area contributed by atoms with Crippen LogP contribution in [-0.4, -0.2) is 68.9 Å². The molecule has 5 N–H and O–H groups in total. The van der Waals surface area contributed by atoms with Gasteiger partial charge in [-0.15, -0.1) is 22.7 Å². The number of ether oxygens (including phenoxy) is 1. The number of fused-ring (bicyclic) bond motifs is 2. The van der Waals surface area contributed by atoms with Crippen LogP contribution >= 0.6 is 22.7 Å². The summed E-state index contributed by atoms with van der Waals surface area (Å²) in [7, 11) is 0. The van der Waals surface area contributed by atoms with Crippen molar-refractivity contribution in [3.05, 3.63) is 51.3 Å². The first-order valence-electron chi connectivity index (χ1n) is 13.8. The number of nitrogens with one attached hydrogen (secondary N) is 1. The summed E-state index contributed by atoms with van der Waals surface area (Å²) in [6, 6.07) is 1.65. The van der Waals surface area contributed by atoms with Gasteiger partial charge in [0.1, 0.15) is 18.2 Å². The number of hydrogen-bond donors (Lipinski definition) is 3. The normalized spacial score (nSPS) is 19.5. The second kappa shape index (κ2) is 11.1. The van der Waals surface area contributed by atoms with E-state index in [1.807, 2.05) is 0 Å². The van der Waals surface area contributed by atoms with Crippen LogP contribution in [-0.2, 0) is 11.2 Å². The zero-order valence-electron chi connectivity index (χ0n) is 22.6. The Hall–Kier alpha value is -3.92. The molecule has 218 valence electrons. The molecule has 0 spiro atoms. The Morgan fingerprint density at radius 3 is 2.81 bits per heavy atom. The minimum Gasteiger partial charge on any atom is -0.459 e. The number of anilines is 2. The van der Waals surface area contributed by atoms with E-state index in [-0.39, 0.29) is 29.5 Å². The third-order valence-corrected chi connectivity index (χ3v) is 10.00. The summed E-state index contributed by atoms with van der Waals surface area (Å²) < 4.78 is 13.5. The number of aromatic nitrogens is 5. The van der Waals surface area contributed by atoms with Crippen LogP contribution in [0.1, 0.15) is 46.7 Å². The van der Waals surface area contributed by atoms with Gasteiger partial charge in [-0.3, -0.25) is 9.59 Å². The molecule has 1 saturated heterocycles. The van der Waals surface area contributed by atoms with Gasteiger partial charge in [0.05, 0.1) is 38.5 Å². The van der Waals surface area contributed by atoms with Crippen molar-refractivity contribution < 1.29 is 13.9 Å². The first-order valence-corrected chi connectivity index (χ1v) is 15.5. The van der Waals surface area contributed by atoms with Crippen LogP contribution in [0.15, 0.2) is 34.1 Å². The third-order valence-electron chi connectivity index (χ3n) is 7.77. The summed E-state index contributed by atoms with van der Waals surface area (Å²) in [5, 5.41) is 9.33. The molecule has 2 atom stereocenters. The quantitative estimate of drug-likeness (QED) is 0.247. The number of thiazole rings is 1. The van der Waals surface area contributed by atoms with Gasteiger partial charge in [0.15, 0.2) is 11.2 Å². The molecule has 0 bridgehead atoms. The van der Waals surface area contributed by atoms with E-state index in [1.165, 1.54) is 33.5 Å². The topological polar surface area (TPSA) is 180 Å². The van der Waals surface area contributed by atoms with E-state index >= 15 is 0 Å². The fourth-order valence-corrected chi connectivity index (χ4v) is 7.80. The smallest absolute Gasteiger partial charge is 0.254 e. The number of nitrogens with zero attached hydrogens (tertiary/aromatic N) is 6. The van der Waals surface area contributed by atoms with Gasteiger partial charge in [-0.25, -0.2) is 15.0 Å². The van der Waals surface area contributed by atoms with Crippen LogP contribution < -0.4 is 27.1 Å². The van der Waals surface area contributed by atoms with Crippen molar-refractivity contribution in [3.8, 4) is 10.4 Å². The summed E-state index contributed by atoms with van der Waals surface area (Å²) in [6.45, 7) is 2.72. The highest BCUT2D eigenvalue weighted by molar-refractivity contribution is 7.23. The Balaban J connectivity index is 1.23. The zero-order valence-corrected chi connectivity index (χ0v) is 24.2. The van der Waals surface area contributed by atoms with Crippen LogP contribution in [0.3, 0.4) is 0 Å². The highest BCUT2D eigenvalue weighted by Gasteiger charge is 2.27.